The number of halogens is 2. The molecule has 1 aromatic heterocycles. The maximum absolute atomic E-state index is 13.5. The predicted octanol–water partition coefficient (Wildman–Crippen LogP) is 2.56. The van der Waals surface area contributed by atoms with Crippen molar-refractivity contribution in [2.24, 2.45) is 0 Å². The lowest BCUT2D eigenvalue weighted by atomic mass is 10.3. The lowest BCUT2D eigenvalue weighted by molar-refractivity contribution is 0.340. The number of ether oxygens (including phenoxy) is 1. The maximum Gasteiger partial charge on any atom is 0.282 e. The van der Waals surface area contributed by atoms with Crippen LogP contribution in [0.25, 0.3) is 0 Å². The molecule has 0 atom stereocenters. The number of anilines is 1. The standard InChI is InChI=1S/C13H12F2N2O3S/c1-2-20-12-8-9(14)5-6-11(12)17-21(18,19)13-10(15)4-3-7-16-13/h3-8,17H,2H2,1H3. The van der Waals surface area contributed by atoms with Gasteiger partial charge in [0.15, 0.2) is 5.82 Å². The van der Waals surface area contributed by atoms with Crippen molar-refractivity contribution in [3.8, 4) is 5.75 Å². The Labute approximate surface area is 120 Å². The fourth-order valence-electron chi connectivity index (χ4n) is 1.62. The smallest absolute Gasteiger partial charge is 0.282 e. The van der Waals surface area contributed by atoms with E-state index in [9.17, 15) is 17.2 Å². The number of nitrogens with one attached hydrogen (secondary N) is 1. The summed E-state index contributed by atoms with van der Waals surface area (Å²) in [5, 5.41) is -0.739. The quantitative estimate of drug-likeness (QED) is 0.921. The number of pyridine rings is 1. The van der Waals surface area contributed by atoms with Gasteiger partial charge >= 0.3 is 0 Å². The second-order valence-electron chi connectivity index (χ2n) is 3.97. The molecule has 112 valence electrons. The van der Waals surface area contributed by atoms with Crippen LogP contribution in [0.1, 0.15) is 6.92 Å². The Morgan fingerprint density at radius 1 is 1.29 bits per heavy atom. The van der Waals surface area contributed by atoms with Crippen LogP contribution in [-0.2, 0) is 10.0 Å². The van der Waals surface area contributed by atoms with Crippen molar-refractivity contribution < 1.29 is 21.9 Å². The normalized spacial score (nSPS) is 11.2. The molecule has 2 rings (SSSR count). The molecule has 1 heterocycles. The SMILES string of the molecule is CCOc1cc(F)ccc1NS(=O)(=O)c1ncccc1F. The third-order valence-electron chi connectivity index (χ3n) is 2.47. The largest absolute Gasteiger partial charge is 0.492 e. The summed E-state index contributed by atoms with van der Waals surface area (Å²) in [7, 11) is -4.24. The van der Waals surface area contributed by atoms with Gasteiger partial charge in [-0.3, -0.25) is 4.72 Å². The van der Waals surface area contributed by atoms with Crippen molar-refractivity contribution in [1.29, 1.82) is 0 Å². The van der Waals surface area contributed by atoms with Crippen LogP contribution >= 0.6 is 0 Å². The molecule has 0 saturated heterocycles. The van der Waals surface area contributed by atoms with Crippen molar-refractivity contribution in [3.63, 3.8) is 0 Å². The molecule has 8 heteroatoms. The number of benzene rings is 1. The number of rotatable bonds is 5. The molecule has 21 heavy (non-hydrogen) atoms. The minimum Gasteiger partial charge on any atom is -0.492 e. The fraction of sp³-hybridized carbons (Fsp3) is 0.154. The summed E-state index contributed by atoms with van der Waals surface area (Å²) >= 11 is 0. The zero-order chi connectivity index (χ0) is 15.5. The first kappa shape index (κ1) is 15.2. The van der Waals surface area contributed by atoms with E-state index in [-0.39, 0.29) is 18.0 Å². The van der Waals surface area contributed by atoms with E-state index in [2.05, 4.69) is 9.71 Å². The van der Waals surface area contributed by atoms with Gasteiger partial charge in [-0.05, 0) is 31.2 Å². The van der Waals surface area contributed by atoms with Crippen molar-refractivity contribution >= 4 is 15.7 Å². The summed E-state index contributed by atoms with van der Waals surface area (Å²) in [6, 6.07) is 5.55. The highest BCUT2D eigenvalue weighted by molar-refractivity contribution is 7.92. The van der Waals surface area contributed by atoms with E-state index in [1.165, 1.54) is 12.1 Å². The zero-order valence-electron chi connectivity index (χ0n) is 11.0. The molecule has 1 N–H and O–H groups in total. The average molecular weight is 314 g/mol. The summed E-state index contributed by atoms with van der Waals surface area (Å²) in [5.41, 5.74) is 0.00306. The van der Waals surface area contributed by atoms with Crippen LogP contribution in [-0.4, -0.2) is 20.0 Å². The Balaban J connectivity index is 2.40. The number of hydrogen-bond donors (Lipinski definition) is 1. The molecule has 5 nitrogen and oxygen atoms in total. The summed E-state index contributed by atoms with van der Waals surface area (Å²) < 4.78 is 58.2. The minimum atomic E-state index is -4.24. The molecule has 0 aliphatic carbocycles. The molecule has 0 radical (unpaired) electrons. The fourth-order valence-corrected chi connectivity index (χ4v) is 2.70. The van der Waals surface area contributed by atoms with Gasteiger partial charge in [0.25, 0.3) is 10.0 Å². The first-order chi connectivity index (χ1) is 9.94. The Kier molecular flexibility index (Phi) is 4.37. The van der Waals surface area contributed by atoms with Gasteiger partial charge in [0.05, 0.1) is 12.3 Å². The van der Waals surface area contributed by atoms with Gasteiger partial charge in [0.2, 0.25) is 5.03 Å². The van der Waals surface area contributed by atoms with E-state index in [1.807, 2.05) is 0 Å². The van der Waals surface area contributed by atoms with Crippen LogP contribution in [0.3, 0.4) is 0 Å². The van der Waals surface area contributed by atoms with Gasteiger partial charge in [0, 0.05) is 12.3 Å². The topological polar surface area (TPSA) is 68.3 Å². The first-order valence-electron chi connectivity index (χ1n) is 5.99. The molecule has 0 fully saturated rings. The van der Waals surface area contributed by atoms with Crippen LogP contribution in [0.15, 0.2) is 41.6 Å². The van der Waals surface area contributed by atoms with E-state index < -0.39 is 26.7 Å². The number of hydrogen-bond acceptors (Lipinski definition) is 4. The highest BCUT2D eigenvalue weighted by Gasteiger charge is 2.22. The lowest BCUT2D eigenvalue weighted by Gasteiger charge is -2.12. The maximum atomic E-state index is 13.5. The second kappa shape index (κ2) is 6.04. The first-order valence-corrected chi connectivity index (χ1v) is 7.48. The number of sulfonamides is 1. The Morgan fingerprint density at radius 3 is 2.71 bits per heavy atom. The molecule has 0 unspecified atom stereocenters. The van der Waals surface area contributed by atoms with Crippen LogP contribution in [0.2, 0.25) is 0 Å². The van der Waals surface area contributed by atoms with Gasteiger partial charge in [-0.25, -0.2) is 13.8 Å². The van der Waals surface area contributed by atoms with E-state index in [0.29, 0.717) is 0 Å². The Morgan fingerprint density at radius 2 is 2.05 bits per heavy atom. The highest BCUT2D eigenvalue weighted by Crippen LogP contribution is 2.28. The molecular formula is C13H12F2N2O3S. The van der Waals surface area contributed by atoms with E-state index >= 15 is 0 Å². The average Bonchev–Trinajstić information content (AvgIpc) is 2.42. The summed E-state index contributed by atoms with van der Waals surface area (Å²) in [6.45, 7) is 1.89. The van der Waals surface area contributed by atoms with E-state index in [1.54, 1.807) is 6.92 Å². The van der Waals surface area contributed by atoms with E-state index in [4.69, 9.17) is 4.74 Å². The molecule has 0 spiro atoms. The van der Waals surface area contributed by atoms with Crippen molar-refractivity contribution in [3.05, 3.63) is 48.2 Å². The molecule has 0 saturated carbocycles. The molecule has 0 aliphatic heterocycles. The van der Waals surface area contributed by atoms with Crippen LogP contribution < -0.4 is 9.46 Å². The zero-order valence-corrected chi connectivity index (χ0v) is 11.8. The third-order valence-corrected chi connectivity index (χ3v) is 3.77. The molecule has 1 aromatic carbocycles. The molecule has 2 aromatic rings. The molecular weight excluding hydrogens is 302 g/mol. The Hall–Kier alpha value is -2.22. The van der Waals surface area contributed by atoms with Gasteiger partial charge < -0.3 is 4.74 Å². The molecule has 0 amide bonds. The van der Waals surface area contributed by atoms with Crippen molar-refractivity contribution in [2.45, 2.75) is 11.9 Å². The third kappa shape index (κ3) is 3.46. The summed E-state index contributed by atoms with van der Waals surface area (Å²) in [5.74, 6) is -1.55. The van der Waals surface area contributed by atoms with Gasteiger partial charge in [-0.1, -0.05) is 0 Å². The van der Waals surface area contributed by atoms with Crippen LogP contribution in [0.4, 0.5) is 14.5 Å². The lowest BCUT2D eigenvalue weighted by Crippen LogP contribution is -2.17. The van der Waals surface area contributed by atoms with Gasteiger partial charge in [0.1, 0.15) is 11.6 Å². The Bertz CT molecular complexity index is 751. The van der Waals surface area contributed by atoms with Crippen molar-refractivity contribution in [2.75, 3.05) is 11.3 Å². The predicted molar refractivity (Wildman–Crippen MR) is 72.6 cm³/mol. The summed E-state index contributed by atoms with van der Waals surface area (Å²) in [4.78, 5) is 3.50. The molecule has 0 aliphatic rings. The number of nitrogens with zero attached hydrogens (tertiary/aromatic N) is 1. The van der Waals surface area contributed by atoms with E-state index in [0.717, 1.165) is 24.4 Å². The highest BCUT2D eigenvalue weighted by atomic mass is 32.2. The van der Waals surface area contributed by atoms with Gasteiger partial charge in [-0.15, -0.1) is 0 Å². The number of aromatic nitrogens is 1. The van der Waals surface area contributed by atoms with Gasteiger partial charge in [-0.2, -0.15) is 8.42 Å². The second-order valence-corrected chi connectivity index (χ2v) is 5.57. The monoisotopic (exact) mass is 314 g/mol. The summed E-state index contributed by atoms with van der Waals surface area (Å²) in [6.07, 6.45) is 1.16. The molecule has 0 bridgehead atoms. The van der Waals surface area contributed by atoms with Crippen LogP contribution in [0.5, 0.6) is 5.75 Å². The van der Waals surface area contributed by atoms with Crippen molar-refractivity contribution in [1.82, 2.24) is 4.98 Å². The van der Waals surface area contributed by atoms with Crippen LogP contribution in [0, 0.1) is 11.6 Å². The minimum absolute atomic E-state index is 0.00306.